The van der Waals surface area contributed by atoms with E-state index < -0.39 is 0 Å². The van der Waals surface area contributed by atoms with Crippen LogP contribution < -0.4 is 5.32 Å². The molecular weight excluding hydrogens is 305 g/mol. The lowest BCUT2D eigenvalue weighted by atomic mass is 10.1. The average Bonchev–Trinajstić information content (AvgIpc) is 2.67. The number of carbonyl (C=O) groups excluding carboxylic acids is 1. The van der Waals surface area contributed by atoms with Crippen molar-refractivity contribution in [3.8, 4) is 0 Å². The molecule has 100 valence electrons. The molecule has 2 N–H and O–H groups in total. The number of fused-ring (bicyclic) bond motifs is 1. The Kier molecular flexibility index (Phi) is 3.28. The van der Waals surface area contributed by atoms with E-state index in [-0.39, 0.29) is 11.9 Å². The molecule has 1 fully saturated rings. The normalized spacial score (nSPS) is 19.7. The molecule has 19 heavy (non-hydrogen) atoms. The number of piperidine rings is 1. The highest BCUT2D eigenvalue weighted by Crippen LogP contribution is 2.30. The Labute approximate surface area is 124 Å². The van der Waals surface area contributed by atoms with Crippen molar-refractivity contribution in [1.29, 1.82) is 0 Å². The number of nitrogens with zero attached hydrogens (tertiary/aromatic N) is 1. The Bertz CT molecular complexity index is 712. The van der Waals surface area contributed by atoms with Crippen molar-refractivity contribution >= 4 is 52.4 Å². The number of nitrogens with one attached hydrogen (secondary N) is 2. The maximum atomic E-state index is 11.2. The molecule has 1 atom stereocenters. The van der Waals surface area contributed by atoms with E-state index in [1.807, 2.05) is 10.6 Å². The summed E-state index contributed by atoms with van der Waals surface area (Å²) in [6.45, 7) is 0.584. The zero-order valence-corrected chi connectivity index (χ0v) is 12.2. The number of hydrogen-bond donors (Lipinski definition) is 2. The van der Waals surface area contributed by atoms with Gasteiger partial charge < -0.3 is 14.9 Å². The molecule has 0 aliphatic carbocycles. The summed E-state index contributed by atoms with van der Waals surface area (Å²) in [7, 11) is 0. The summed E-state index contributed by atoms with van der Waals surface area (Å²) in [5.41, 5.74) is 1.77. The van der Waals surface area contributed by atoms with Gasteiger partial charge in [0.15, 0.2) is 4.77 Å². The number of aromatic amines is 1. The molecule has 2 aromatic rings. The van der Waals surface area contributed by atoms with Gasteiger partial charge in [0, 0.05) is 13.0 Å². The molecule has 7 heteroatoms. The van der Waals surface area contributed by atoms with Gasteiger partial charge in [-0.25, -0.2) is 0 Å². The number of aromatic nitrogens is 2. The zero-order chi connectivity index (χ0) is 13.6. The molecule has 1 aromatic carbocycles. The van der Waals surface area contributed by atoms with Crippen LogP contribution >= 0.6 is 35.4 Å². The molecule has 1 unspecified atom stereocenters. The summed E-state index contributed by atoms with van der Waals surface area (Å²) in [6, 6.07) is 3.73. The molecule has 1 aliphatic heterocycles. The predicted molar refractivity (Wildman–Crippen MR) is 78.4 cm³/mol. The van der Waals surface area contributed by atoms with Gasteiger partial charge in [-0.15, -0.1) is 0 Å². The second kappa shape index (κ2) is 4.81. The summed E-state index contributed by atoms with van der Waals surface area (Å²) in [5.74, 6) is 0.0867. The Hall–Kier alpha value is -1.04. The third kappa shape index (κ3) is 2.26. The first-order chi connectivity index (χ1) is 9.06. The van der Waals surface area contributed by atoms with Gasteiger partial charge >= 0.3 is 0 Å². The van der Waals surface area contributed by atoms with Crippen molar-refractivity contribution in [1.82, 2.24) is 14.9 Å². The van der Waals surface area contributed by atoms with Gasteiger partial charge in [-0.3, -0.25) is 4.79 Å². The van der Waals surface area contributed by atoms with Crippen LogP contribution in [0, 0.1) is 4.77 Å². The minimum absolute atomic E-state index is 0.0867. The fourth-order valence-corrected chi connectivity index (χ4v) is 3.10. The van der Waals surface area contributed by atoms with Crippen LogP contribution in [0.2, 0.25) is 10.0 Å². The lowest BCUT2D eigenvalue weighted by Crippen LogP contribution is -2.36. The van der Waals surface area contributed by atoms with Crippen LogP contribution in [0.4, 0.5) is 0 Å². The summed E-state index contributed by atoms with van der Waals surface area (Å²) >= 11 is 17.4. The highest BCUT2D eigenvalue weighted by molar-refractivity contribution is 7.71. The summed E-state index contributed by atoms with van der Waals surface area (Å²) in [4.78, 5) is 14.4. The fraction of sp³-hybridized carbons (Fsp3) is 0.333. The molecule has 3 rings (SSSR count). The largest absolute Gasteiger partial charge is 0.354 e. The van der Waals surface area contributed by atoms with Crippen molar-refractivity contribution in [2.45, 2.75) is 18.9 Å². The highest BCUT2D eigenvalue weighted by Gasteiger charge is 2.22. The predicted octanol–water partition coefficient (Wildman–Crippen LogP) is 3.46. The average molecular weight is 316 g/mol. The molecule has 1 saturated heterocycles. The van der Waals surface area contributed by atoms with E-state index in [4.69, 9.17) is 35.4 Å². The van der Waals surface area contributed by atoms with Crippen LogP contribution in [0.25, 0.3) is 11.0 Å². The maximum absolute atomic E-state index is 11.2. The lowest BCUT2D eigenvalue weighted by Gasteiger charge is -2.24. The quantitative estimate of drug-likeness (QED) is 0.792. The van der Waals surface area contributed by atoms with Crippen LogP contribution in [-0.4, -0.2) is 22.0 Å². The molecule has 1 aromatic heterocycles. The first-order valence-electron chi connectivity index (χ1n) is 5.92. The molecule has 0 bridgehead atoms. The standard InChI is InChI=1S/C12H11Cl2N3OS/c13-7-3-9-10(4-8(7)14)17(12(19)16-9)6-1-2-11(18)15-5-6/h3-4,6H,1-2,5H2,(H,15,18)(H,16,19). The molecular formula is C12H11Cl2N3OS. The van der Waals surface area contributed by atoms with E-state index in [2.05, 4.69) is 10.3 Å². The Morgan fingerprint density at radius 2 is 2.05 bits per heavy atom. The van der Waals surface area contributed by atoms with Crippen molar-refractivity contribution in [3.05, 3.63) is 26.9 Å². The van der Waals surface area contributed by atoms with E-state index in [0.29, 0.717) is 27.8 Å². The van der Waals surface area contributed by atoms with Crippen molar-refractivity contribution in [2.75, 3.05) is 6.54 Å². The van der Waals surface area contributed by atoms with Crippen molar-refractivity contribution in [2.24, 2.45) is 0 Å². The fourth-order valence-electron chi connectivity index (χ4n) is 2.42. The van der Waals surface area contributed by atoms with E-state index in [0.717, 1.165) is 17.5 Å². The number of hydrogen-bond acceptors (Lipinski definition) is 2. The van der Waals surface area contributed by atoms with Gasteiger partial charge in [-0.05, 0) is 30.8 Å². The van der Waals surface area contributed by atoms with Gasteiger partial charge in [-0.2, -0.15) is 0 Å². The van der Waals surface area contributed by atoms with Crippen LogP contribution in [0.5, 0.6) is 0 Å². The highest BCUT2D eigenvalue weighted by atomic mass is 35.5. The molecule has 2 heterocycles. The van der Waals surface area contributed by atoms with E-state index in [1.54, 1.807) is 6.07 Å². The van der Waals surface area contributed by atoms with Crippen LogP contribution in [0.15, 0.2) is 12.1 Å². The first-order valence-corrected chi connectivity index (χ1v) is 7.08. The van der Waals surface area contributed by atoms with Gasteiger partial charge in [0.25, 0.3) is 0 Å². The monoisotopic (exact) mass is 315 g/mol. The maximum Gasteiger partial charge on any atom is 0.220 e. The number of H-pyrrole nitrogens is 1. The number of halogens is 2. The molecule has 1 aliphatic rings. The Morgan fingerprint density at radius 1 is 1.32 bits per heavy atom. The summed E-state index contributed by atoms with van der Waals surface area (Å²) in [6.07, 6.45) is 1.29. The molecule has 0 radical (unpaired) electrons. The van der Waals surface area contributed by atoms with Crippen LogP contribution in [0.3, 0.4) is 0 Å². The molecule has 0 spiro atoms. The SMILES string of the molecule is O=C1CCC(n2c(=S)[nH]c3cc(Cl)c(Cl)cc32)CN1. The zero-order valence-electron chi connectivity index (χ0n) is 9.87. The number of rotatable bonds is 1. The van der Waals surface area contributed by atoms with E-state index >= 15 is 0 Å². The first kappa shape index (κ1) is 13.0. The smallest absolute Gasteiger partial charge is 0.220 e. The Morgan fingerprint density at radius 3 is 2.74 bits per heavy atom. The van der Waals surface area contributed by atoms with Gasteiger partial charge in [-0.1, -0.05) is 23.2 Å². The second-order valence-corrected chi connectivity index (χ2v) is 5.78. The van der Waals surface area contributed by atoms with Gasteiger partial charge in [0.1, 0.15) is 0 Å². The summed E-state index contributed by atoms with van der Waals surface area (Å²) < 4.78 is 2.63. The minimum Gasteiger partial charge on any atom is -0.354 e. The molecule has 1 amide bonds. The third-order valence-corrected chi connectivity index (χ3v) is 4.38. The summed E-state index contributed by atoms with van der Waals surface area (Å²) in [5, 5.41) is 3.85. The van der Waals surface area contributed by atoms with E-state index in [9.17, 15) is 4.79 Å². The minimum atomic E-state index is 0.0867. The number of benzene rings is 1. The Balaban J connectivity index is 2.12. The number of carbonyl (C=O) groups is 1. The lowest BCUT2D eigenvalue weighted by molar-refractivity contribution is -0.122. The van der Waals surface area contributed by atoms with Crippen molar-refractivity contribution in [3.63, 3.8) is 0 Å². The number of imidazole rings is 1. The molecule has 0 saturated carbocycles. The topological polar surface area (TPSA) is 49.8 Å². The van der Waals surface area contributed by atoms with Crippen LogP contribution in [-0.2, 0) is 4.79 Å². The number of amides is 1. The van der Waals surface area contributed by atoms with Gasteiger partial charge in [0.05, 0.1) is 27.1 Å². The molecule has 4 nitrogen and oxygen atoms in total. The second-order valence-electron chi connectivity index (χ2n) is 4.58. The van der Waals surface area contributed by atoms with E-state index in [1.165, 1.54) is 0 Å². The van der Waals surface area contributed by atoms with Crippen LogP contribution in [0.1, 0.15) is 18.9 Å². The third-order valence-electron chi connectivity index (χ3n) is 3.36. The van der Waals surface area contributed by atoms with Gasteiger partial charge in [0.2, 0.25) is 5.91 Å². The van der Waals surface area contributed by atoms with Crippen molar-refractivity contribution < 1.29 is 4.79 Å².